The van der Waals surface area contributed by atoms with Gasteiger partial charge in [-0.3, -0.25) is 4.79 Å². The Morgan fingerprint density at radius 1 is 1.29 bits per heavy atom. The number of carbonyl (C=O) groups is 1. The zero-order chi connectivity index (χ0) is 18.0. The van der Waals surface area contributed by atoms with E-state index in [9.17, 15) is 13.2 Å². The van der Waals surface area contributed by atoms with Crippen LogP contribution < -0.4 is 15.4 Å². The first-order chi connectivity index (χ1) is 11.1. The van der Waals surface area contributed by atoms with Gasteiger partial charge in [-0.2, -0.15) is 0 Å². The van der Waals surface area contributed by atoms with Crippen molar-refractivity contribution in [2.24, 2.45) is 5.92 Å². The number of amides is 1. The van der Waals surface area contributed by atoms with Crippen molar-refractivity contribution in [1.29, 1.82) is 0 Å². The minimum atomic E-state index is -3.62. The van der Waals surface area contributed by atoms with Crippen molar-refractivity contribution in [2.75, 3.05) is 11.9 Å². The number of sulfonamides is 1. The normalized spacial score (nSPS) is 22.2. The zero-order valence-electron chi connectivity index (χ0n) is 14.7. The van der Waals surface area contributed by atoms with E-state index in [-0.39, 0.29) is 16.7 Å². The topological polar surface area (TPSA) is 87.3 Å². The molecule has 1 amide bonds. The molecule has 0 unspecified atom stereocenters. The lowest BCUT2D eigenvalue weighted by molar-refractivity contribution is -0.120. The number of rotatable bonds is 4. The fraction of sp³-hybridized carbons (Fsp3) is 0.588. The molecular formula is C17H27N3O3S. The van der Waals surface area contributed by atoms with Crippen LogP contribution in [0, 0.1) is 5.92 Å². The summed E-state index contributed by atoms with van der Waals surface area (Å²) in [6.07, 6.45) is 1.58. The van der Waals surface area contributed by atoms with E-state index < -0.39 is 15.6 Å². The summed E-state index contributed by atoms with van der Waals surface area (Å²) in [7, 11) is -3.62. The molecule has 7 heteroatoms. The highest BCUT2D eigenvalue weighted by atomic mass is 32.2. The fourth-order valence-electron chi connectivity index (χ4n) is 2.82. The van der Waals surface area contributed by atoms with Crippen LogP contribution in [0.15, 0.2) is 29.2 Å². The molecule has 2 atom stereocenters. The molecule has 0 radical (unpaired) electrons. The molecule has 1 fully saturated rings. The van der Waals surface area contributed by atoms with Crippen LogP contribution >= 0.6 is 0 Å². The number of piperidine rings is 1. The van der Waals surface area contributed by atoms with E-state index in [0.717, 1.165) is 19.4 Å². The third kappa shape index (κ3) is 5.29. The van der Waals surface area contributed by atoms with E-state index in [1.165, 1.54) is 12.1 Å². The molecule has 0 aliphatic carbocycles. The van der Waals surface area contributed by atoms with E-state index in [0.29, 0.717) is 11.7 Å². The fourth-order valence-corrected chi connectivity index (χ4v) is 4.28. The van der Waals surface area contributed by atoms with Crippen molar-refractivity contribution < 1.29 is 13.2 Å². The van der Waals surface area contributed by atoms with Crippen molar-refractivity contribution in [1.82, 2.24) is 10.0 Å². The zero-order valence-corrected chi connectivity index (χ0v) is 15.5. The Kier molecular flexibility index (Phi) is 5.67. The summed E-state index contributed by atoms with van der Waals surface area (Å²) in [5.74, 6) is -0.101. The first-order valence-corrected chi connectivity index (χ1v) is 9.73. The van der Waals surface area contributed by atoms with Gasteiger partial charge in [0.2, 0.25) is 15.9 Å². The molecule has 0 aromatic heterocycles. The van der Waals surface area contributed by atoms with Gasteiger partial charge in [-0.15, -0.1) is 0 Å². The second-order valence-corrected chi connectivity index (χ2v) is 9.13. The third-order valence-corrected chi connectivity index (χ3v) is 5.60. The Morgan fingerprint density at radius 2 is 2.00 bits per heavy atom. The van der Waals surface area contributed by atoms with E-state index in [1.54, 1.807) is 32.9 Å². The monoisotopic (exact) mass is 353 g/mol. The predicted octanol–water partition coefficient (Wildman–Crippen LogP) is 2.09. The Hall–Kier alpha value is -1.44. The Balaban J connectivity index is 2.11. The summed E-state index contributed by atoms with van der Waals surface area (Å²) in [5.41, 5.74) is -0.0634. The number of benzene rings is 1. The number of hydrogen-bond donors (Lipinski definition) is 3. The van der Waals surface area contributed by atoms with Gasteiger partial charge in [-0.05, 0) is 65.3 Å². The van der Waals surface area contributed by atoms with Gasteiger partial charge in [-0.25, -0.2) is 13.1 Å². The first kappa shape index (κ1) is 18.9. The molecule has 1 aromatic rings. The lowest BCUT2D eigenvalue weighted by Gasteiger charge is -2.27. The molecule has 134 valence electrons. The van der Waals surface area contributed by atoms with Crippen molar-refractivity contribution in [3.8, 4) is 0 Å². The second kappa shape index (κ2) is 7.21. The van der Waals surface area contributed by atoms with Gasteiger partial charge < -0.3 is 10.6 Å². The molecule has 1 aliphatic rings. The molecule has 0 spiro atoms. The van der Waals surface area contributed by atoms with Crippen LogP contribution in [0.1, 0.15) is 40.5 Å². The summed E-state index contributed by atoms with van der Waals surface area (Å²) < 4.78 is 27.4. The summed E-state index contributed by atoms with van der Waals surface area (Å²) in [6, 6.07) is 6.68. The highest BCUT2D eigenvalue weighted by molar-refractivity contribution is 7.89. The van der Waals surface area contributed by atoms with Gasteiger partial charge >= 0.3 is 0 Å². The van der Waals surface area contributed by atoms with E-state index >= 15 is 0 Å². The summed E-state index contributed by atoms with van der Waals surface area (Å²) in [4.78, 5) is 12.5. The van der Waals surface area contributed by atoms with Crippen LogP contribution in [0.5, 0.6) is 0 Å². The average Bonchev–Trinajstić information content (AvgIpc) is 2.45. The lowest BCUT2D eigenvalue weighted by Crippen LogP contribution is -2.40. The van der Waals surface area contributed by atoms with Crippen LogP contribution in [-0.2, 0) is 14.8 Å². The van der Waals surface area contributed by atoms with E-state index in [2.05, 4.69) is 22.3 Å². The van der Waals surface area contributed by atoms with Gasteiger partial charge in [0.25, 0.3) is 0 Å². The molecule has 1 heterocycles. The van der Waals surface area contributed by atoms with Gasteiger partial charge in [0.1, 0.15) is 0 Å². The molecular weight excluding hydrogens is 326 g/mol. The minimum absolute atomic E-state index is 0.0470. The summed E-state index contributed by atoms with van der Waals surface area (Å²) in [5, 5.41) is 6.16. The first-order valence-electron chi connectivity index (χ1n) is 8.25. The SMILES string of the molecule is C[C@H]1C[C@@H](C(=O)Nc2cccc(S(=O)(=O)NC(C)(C)C)c2)CCN1. The number of carbonyl (C=O) groups excluding carboxylic acids is 1. The lowest BCUT2D eigenvalue weighted by atomic mass is 9.92. The highest BCUT2D eigenvalue weighted by Crippen LogP contribution is 2.21. The number of hydrogen-bond acceptors (Lipinski definition) is 4. The van der Waals surface area contributed by atoms with Crippen molar-refractivity contribution in [2.45, 2.75) is 57.0 Å². The van der Waals surface area contributed by atoms with Crippen LogP contribution in [0.25, 0.3) is 0 Å². The van der Waals surface area contributed by atoms with Crippen molar-refractivity contribution in [3.05, 3.63) is 24.3 Å². The molecule has 24 heavy (non-hydrogen) atoms. The Labute approximate surface area is 144 Å². The maximum absolute atomic E-state index is 12.4. The predicted molar refractivity (Wildman–Crippen MR) is 95.3 cm³/mol. The van der Waals surface area contributed by atoms with E-state index in [1.807, 2.05) is 0 Å². The standard InChI is InChI=1S/C17H27N3O3S/c1-12-10-13(8-9-18-12)16(21)19-14-6-5-7-15(11-14)24(22,23)20-17(2,3)4/h5-7,11-13,18,20H,8-10H2,1-4H3,(H,19,21)/t12-,13-/m0/s1. The quantitative estimate of drug-likeness (QED) is 0.773. The maximum atomic E-state index is 12.4. The van der Waals surface area contributed by atoms with Crippen LogP contribution in [0.2, 0.25) is 0 Å². The summed E-state index contributed by atoms with van der Waals surface area (Å²) >= 11 is 0. The average molecular weight is 353 g/mol. The second-order valence-electron chi connectivity index (χ2n) is 7.45. The highest BCUT2D eigenvalue weighted by Gasteiger charge is 2.25. The van der Waals surface area contributed by atoms with Gasteiger partial charge in [0.05, 0.1) is 4.90 Å². The third-order valence-electron chi connectivity index (χ3n) is 3.85. The maximum Gasteiger partial charge on any atom is 0.241 e. The molecule has 1 saturated heterocycles. The Bertz CT molecular complexity index is 695. The molecule has 0 bridgehead atoms. The van der Waals surface area contributed by atoms with Crippen LogP contribution in [0.3, 0.4) is 0 Å². The van der Waals surface area contributed by atoms with Gasteiger partial charge in [0.15, 0.2) is 0 Å². The molecule has 1 aromatic carbocycles. The smallest absolute Gasteiger partial charge is 0.241 e. The number of anilines is 1. The van der Waals surface area contributed by atoms with Gasteiger partial charge in [0, 0.05) is 23.2 Å². The largest absolute Gasteiger partial charge is 0.326 e. The molecule has 0 saturated carbocycles. The van der Waals surface area contributed by atoms with E-state index in [4.69, 9.17) is 0 Å². The minimum Gasteiger partial charge on any atom is -0.326 e. The van der Waals surface area contributed by atoms with Crippen molar-refractivity contribution >= 4 is 21.6 Å². The van der Waals surface area contributed by atoms with Gasteiger partial charge in [-0.1, -0.05) is 6.07 Å². The van der Waals surface area contributed by atoms with Crippen molar-refractivity contribution in [3.63, 3.8) is 0 Å². The molecule has 3 N–H and O–H groups in total. The number of nitrogens with one attached hydrogen (secondary N) is 3. The summed E-state index contributed by atoms with van der Waals surface area (Å²) in [6.45, 7) is 8.24. The molecule has 1 aliphatic heterocycles. The molecule has 2 rings (SSSR count). The molecule has 6 nitrogen and oxygen atoms in total. The Morgan fingerprint density at radius 3 is 2.62 bits per heavy atom. The van der Waals surface area contributed by atoms with Crippen LogP contribution in [-0.4, -0.2) is 32.5 Å². The van der Waals surface area contributed by atoms with Crippen LogP contribution in [0.4, 0.5) is 5.69 Å².